The van der Waals surface area contributed by atoms with Gasteiger partial charge in [-0.3, -0.25) is 4.79 Å². The second kappa shape index (κ2) is 8.41. The normalized spacial score (nSPS) is 18.9. The topological polar surface area (TPSA) is 90.8 Å². The number of nitrogens with one attached hydrogen (secondary N) is 2. The molecule has 0 bridgehead atoms. The van der Waals surface area contributed by atoms with Crippen LogP contribution in [-0.4, -0.2) is 61.2 Å². The van der Waals surface area contributed by atoms with Crippen LogP contribution in [0.1, 0.15) is 19.3 Å². The zero-order chi connectivity index (χ0) is 12.5. The van der Waals surface area contributed by atoms with Crippen LogP contribution < -0.4 is 10.6 Å². The number of rotatable bonds is 7. The average Bonchev–Trinajstić information content (AvgIpc) is 2.37. The van der Waals surface area contributed by atoms with Crippen molar-refractivity contribution in [3.05, 3.63) is 0 Å². The van der Waals surface area contributed by atoms with E-state index in [2.05, 4.69) is 10.6 Å². The van der Waals surface area contributed by atoms with Gasteiger partial charge in [-0.1, -0.05) is 0 Å². The van der Waals surface area contributed by atoms with E-state index in [0.29, 0.717) is 13.0 Å². The molecule has 0 aliphatic carbocycles. The maximum absolute atomic E-state index is 11.3. The summed E-state index contributed by atoms with van der Waals surface area (Å²) >= 11 is 0. The fourth-order valence-corrected chi connectivity index (χ4v) is 1.66. The first-order valence-electron chi connectivity index (χ1n) is 6.10. The van der Waals surface area contributed by atoms with Crippen LogP contribution in [0.4, 0.5) is 0 Å². The Kier molecular flexibility index (Phi) is 7.11. The summed E-state index contributed by atoms with van der Waals surface area (Å²) in [4.78, 5) is 11.3. The molecule has 4 N–H and O–H groups in total. The zero-order valence-electron chi connectivity index (χ0n) is 10.0. The molecule has 1 heterocycles. The molecule has 1 aliphatic heterocycles. The lowest BCUT2D eigenvalue weighted by Gasteiger charge is -2.22. The van der Waals surface area contributed by atoms with E-state index in [0.717, 1.165) is 25.9 Å². The van der Waals surface area contributed by atoms with Gasteiger partial charge in [0, 0.05) is 13.0 Å². The molecular weight excluding hydrogens is 224 g/mol. The van der Waals surface area contributed by atoms with Gasteiger partial charge in [0.2, 0.25) is 5.91 Å². The maximum Gasteiger partial charge on any atom is 0.222 e. The van der Waals surface area contributed by atoms with Crippen molar-refractivity contribution >= 4 is 5.91 Å². The van der Waals surface area contributed by atoms with Crippen molar-refractivity contribution in [3.8, 4) is 0 Å². The van der Waals surface area contributed by atoms with Crippen LogP contribution in [0.15, 0.2) is 0 Å². The Morgan fingerprint density at radius 2 is 2.18 bits per heavy atom. The smallest absolute Gasteiger partial charge is 0.222 e. The first-order valence-corrected chi connectivity index (χ1v) is 6.10. The summed E-state index contributed by atoms with van der Waals surface area (Å²) in [5.41, 5.74) is 0. The maximum atomic E-state index is 11.3. The summed E-state index contributed by atoms with van der Waals surface area (Å²) in [7, 11) is 0. The standard InChI is InChI=1S/C11H22N2O4/c14-8-9(15)7-13-11(16)3-6-17-10-1-4-12-5-2-10/h9-10,12,14-15H,1-8H2,(H,13,16). The molecule has 1 amide bonds. The first kappa shape index (κ1) is 14.4. The van der Waals surface area contributed by atoms with E-state index in [1.54, 1.807) is 0 Å². The third kappa shape index (κ3) is 6.58. The van der Waals surface area contributed by atoms with E-state index in [1.807, 2.05) is 0 Å². The molecule has 0 aromatic heterocycles. The lowest BCUT2D eigenvalue weighted by Crippen LogP contribution is -2.35. The van der Waals surface area contributed by atoms with E-state index in [9.17, 15) is 4.79 Å². The minimum Gasteiger partial charge on any atom is -0.394 e. The predicted molar refractivity (Wildman–Crippen MR) is 62.6 cm³/mol. The number of carbonyl (C=O) groups excluding carboxylic acids is 1. The highest BCUT2D eigenvalue weighted by molar-refractivity contribution is 5.75. The van der Waals surface area contributed by atoms with E-state index in [-0.39, 0.29) is 25.2 Å². The second-order valence-corrected chi connectivity index (χ2v) is 4.21. The number of hydrogen-bond donors (Lipinski definition) is 4. The number of carbonyl (C=O) groups is 1. The number of aliphatic hydroxyl groups is 2. The van der Waals surface area contributed by atoms with Gasteiger partial charge in [0.25, 0.3) is 0 Å². The Balaban J connectivity index is 1.99. The second-order valence-electron chi connectivity index (χ2n) is 4.21. The van der Waals surface area contributed by atoms with Gasteiger partial charge in [-0.25, -0.2) is 0 Å². The lowest BCUT2D eigenvalue weighted by atomic mass is 10.1. The molecule has 1 aliphatic rings. The molecule has 1 rings (SSSR count). The van der Waals surface area contributed by atoms with E-state index < -0.39 is 6.10 Å². The van der Waals surface area contributed by atoms with Gasteiger partial charge in [0.05, 0.1) is 25.4 Å². The summed E-state index contributed by atoms with van der Waals surface area (Å²) in [6, 6.07) is 0. The van der Waals surface area contributed by atoms with Crippen molar-refractivity contribution < 1.29 is 19.7 Å². The first-order chi connectivity index (χ1) is 8.22. The third-order valence-electron chi connectivity index (χ3n) is 2.71. The van der Waals surface area contributed by atoms with Gasteiger partial charge in [-0.15, -0.1) is 0 Å². The molecule has 17 heavy (non-hydrogen) atoms. The third-order valence-corrected chi connectivity index (χ3v) is 2.71. The Morgan fingerprint density at radius 3 is 2.82 bits per heavy atom. The van der Waals surface area contributed by atoms with Crippen molar-refractivity contribution in [2.24, 2.45) is 0 Å². The van der Waals surface area contributed by atoms with Crippen molar-refractivity contribution in [1.82, 2.24) is 10.6 Å². The van der Waals surface area contributed by atoms with Crippen molar-refractivity contribution in [3.63, 3.8) is 0 Å². The number of amides is 1. The number of ether oxygens (including phenoxy) is 1. The fourth-order valence-electron chi connectivity index (χ4n) is 1.66. The highest BCUT2D eigenvalue weighted by Crippen LogP contribution is 2.07. The van der Waals surface area contributed by atoms with Gasteiger partial charge in [0.1, 0.15) is 0 Å². The summed E-state index contributed by atoms with van der Waals surface area (Å²) in [6.45, 7) is 2.10. The summed E-state index contributed by atoms with van der Waals surface area (Å²) in [6.07, 6.45) is 1.65. The van der Waals surface area contributed by atoms with Crippen molar-refractivity contribution in [2.45, 2.75) is 31.5 Å². The Morgan fingerprint density at radius 1 is 1.47 bits per heavy atom. The molecule has 1 saturated heterocycles. The molecule has 0 saturated carbocycles. The Bertz CT molecular complexity index is 220. The lowest BCUT2D eigenvalue weighted by molar-refractivity contribution is -0.123. The van der Waals surface area contributed by atoms with E-state index in [1.165, 1.54) is 0 Å². The minimum absolute atomic E-state index is 0.0860. The molecule has 6 nitrogen and oxygen atoms in total. The molecule has 0 radical (unpaired) electrons. The van der Waals surface area contributed by atoms with E-state index in [4.69, 9.17) is 14.9 Å². The van der Waals surface area contributed by atoms with Crippen LogP contribution in [0.2, 0.25) is 0 Å². The molecular formula is C11H22N2O4. The highest BCUT2D eigenvalue weighted by atomic mass is 16.5. The largest absolute Gasteiger partial charge is 0.394 e. The van der Waals surface area contributed by atoms with Crippen LogP contribution in [0.25, 0.3) is 0 Å². The number of piperidine rings is 1. The van der Waals surface area contributed by atoms with E-state index >= 15 is 0 Å². The van der Waals surface area contributed by atoms with Gasteiger partial charge in [-0.2, -0.15) is 0 Å². The Hall–Kier alpha value is -0.690. The van der Waals surface area contributed by atoms with Crippen LogP contribution in [-0.2, 0) is 9.53 Å². The highest BCUT2D eigenvalue weighted by Gasteiger charge is 2.13. The zero-order valence-corrected chi connectivity index (χ0v) is 10.0. The van der Waals surface area contributed by atoms with Crippen LogP contribution >= 0.6 is 0 Å². The van der Waals surface area contributed by atoms with Crippen LogP contribution in [0.3, 0.4) is 0 Å². The fraction of sp³-hybridized carbons (Fsp3) is 0.909. The quantitative estimate of drug-likeness (QED) is 0.444. The molecule has 6 heteroatoms. The average molecular weight is 246 g/mol. The number of aliphatic hydroxyl groups excluding tert-OH is 2. The molecule has 1 atom stereocenters. The molecule has 0 spiro atoms. The molecule has 1 fully saturated rings. The molecule has 0 aromatic rings. The van der Waals surface area contributed by atoms with Gasteiger partial charge >= 0.3 is 0 Å². The summed E-state index contributed by atoms with van der Waals surface area (Å²) in [5, 5.41) is 23.4. The minimum atomic E-state index is -0.885. The molecule has 100 valence electrons. The SMILES string of the molecule is O=C(CCOC1CCNCC1)NCC(O)CO. The Labute approximate surface area is 101 Å². The van der Waals surface area contributed by atoms with Gasteiger partial charge < -0.3 is 25.6 Å². The van der Waals surface area contributed by atoms with Crippen LogP contribution in [0, 0.1) is 0 Å². The van der Waals surface area contributed by atoms with Crippen LogP contribution in [0.5, 0.6) is 0 Å². The van der Waals surface area contributed by atoms with Gasteiger partial charge in [-0.05, 0) is 25.9 Å². The van der Waals surface area contributed by atoms with Crippen molar-refractivity contribution in [2.75, 3.05) is 32.8 Å². The summed E-state index contributed by atoms with van der Waals surface area (Å²) < 4.78 is 5.57. The molecule has 0 aromatic carbocycles. The predicted octanol–water partition coefficient (Wildman–Crippen LogP) is -1.39. The van der Waals surface area contributed by atoms with Gasteiger partial charge in [0.15, 0.2) is 0 Å². The van der Waals surface area contributed by atoms with Crippen molar-refractivity contribution in [1.29, 1.82) is 0 Å². The molecule has 1 unspecified atom stereocenters. The monoisotopic (exact) mass is 246 g/mol. The number of hydrogen-bond acceptors (Lipinski definition) is 5. The summed E-state index contributed by atoms with van der Waals surface area (Å²) in [5.74, 6) is -0.161.